The number of nitrogens with zero attached hydrogens (tertiary/aromatic N) is 1. The average molecular weight is 473 g/mol. The van der Waals surface area contributed by atoms with Gasteiger partial charge in [0.15, 0.2) is 0 Å². The van der Waals surface area contributed by atoms with Crippen LogP contribution in [0.4, 0.5) is 13.2 Å². The van der Waals surface area contributed by atoms with Crippen molar-refractivity contribution in [2.75, 3.05) is 20.2 Å². The van der Waals surface area contributed by atoms with Gasteiger partial charge in [0.25, 0.3) is 11.8 Å². The van der Waals surface area contributed by atoms with E-state index in [1.54, 1.807) is 20.8 Å². The number of alkyl halides is 3. The standard InChI is InChI=1S/C21H26F3N3O6/c1-20(2,3)33-13(28)9-25-18(30)14-15(29)11-8-10(12-6-5-7-32-12)16(21(22,23)24)27(4)17(11)26-19(14)31/h8,12,17,29H,5-7,9H2,1-4H3,(H,25,30)(H,26,31)/t12-,17?/m0/s1. The summed E-state index contributed by atoms with van der Waals surface area (Å²) in [6, 6.07) is 0. The third-order valence-corrected chi connectivity index (χ3v) is 5.21. The Labute approximate surface area is 188 Å². The summed E-state index contributed by atoms with van der Waals surface area (Å²) in [5, 5.41) is 15.2. The molecule has 33 heavy (non-hydrogen) atoms. The Morgan fingerprint density at radius 3 is 2.55 bits per heavy atom. The van der Waals surface area contributed by atoms with E-state index in [0.717, 1.165) is 18.0 Å². The highest BCUT2D eigenvalue weighted by Crippen LogP contribution is 2.42. The van der Waals surface area contributed by atoms with E-state index in [9.17, 15) is 32.7 Å². The second-order valence-corrected chi connectivity index (χ2v) is 8.88. The fraction of sp³-hybridized carbons (Fsp3) is 0.571. The number of hydrogen-bond acceptors (Lipinski definition) is 7. The van der Waals surface area contributed by atoms with E-state index in [1.165, 1.54) is 0 Å². The summed E-state index contributed by atoms with van der Waals surface area (Å²) >= 11 is 0. The van der Waals surface area contributed by atoms with Gasteiger partial charge in [0.2, 0.25) is 0 Å². The highest BCUT2D eigenvalue weighted by atomic mass is 19.4. The largest absolute Gasteiger partial charge is 0.506 e. The number of allylic oxidation sites excluding steroid dienone is 1. The molecule has 0 spiro atoms. The molecule has 1 saturated heterocycles. The number of halogens is 3. The zero-order chi connectivity index (χ0) is 24.7. The Bertz CT molecular complexity index is 955. The fourth-order valence-corrected chi connectivity index (χ4v) is 3.94. The molecule has 2 atom stereocenters. The maximum Gasteiger partial charge on any atom is 0.431 e. The van der Waals surface area contributed by atoms with E-state index in [4.69, 9.17) is 9.47 Å². The van der Waals surface area contributed by atoms with Crippen molar-refractivity contribution >= 4 is 17.8 Å². The van der Waals surface area contributed by atoms with Crippen LogP contribution in [0.3, 0.4) is 0 Å². The van der Waals surface area contributed by atoms with Gasteiger partial charge in [-0.1, -0.05) is 0 Å². The Kier molecular flexibility index (Phi) is 6.51. The molecule has 1 unspecified atom stereocenters. The van der Waals surface area contributed by atoms with Crippen molar-refractivity contribution < 1.29 is 42.1 Å². The molecule has 3 rings (SSSR count). The third-order valence-electron chi connectivity index (χ3n) is 5.21. The highest BCUT2D eigenvalue weighted by molar-refractivity contribution is 6.20. The number of fused-ring (bicyclic) bond motifs is 1. The van der Waals surface area contributed by atoms with Crippen LogP contribution in [0.25, 0.3) is 0 Å². The van der Waals surface area contributed by atoms with Gasteiger partial charge in [0.05, 0.1) is 6.10 Å². The molecule has 3 aliphatic rings. The zero-order valence-corrected chi connectivity index (χ0v) is 18.6. The minimum Gasteiger partial charge on any atom is -0.506 e. The molecule has 0 saturated carbocycles. The lowest BCUT2D eigenvalue weighted by molar-refractivity contribution is -0.154. The monoisotopic (exact) mass is 473 g/mol. The highest BCUT2D eigenvalue weighted by Gasteiger charge is 2.48. The molecule has 9 nitrogen and oxygen atoms in total. The predicted molar refractivity (Wildman–Crippen MR) is 108 cm³/mol. The van der Waals surface area contributed by atoms with E-state index in [-0.39, 0.29) is 11.1 Å². The number of aliphatic hydroxyl groups excluding tert-OH is 1. The van der Waals surface area contributed by atoms with Crippen molar-refractivity contribution in [1.82, 2.24) is 15.5 Å². The molecule has 3 heterocycles. The lowest BCUT2D eigenvalue weighted by Crippen LogP contribution is -2.56. The predicted octanol–water partition coefficient (Wildman–Crippen LogP) is 1.58. The van der Waals surface area contributed by atoms with Gasteiger partial charge in [0, 0.05) is 24.8 Å². The van der Waals surface area contributed by atoms with Gasteiger partial charge in [0.1, 0.15) is 35.3 Å². The van der Waals surface area contributed by atoms with Crippen LogP contribution >= 0.6 is 0 Å². The number of aliphatic hydroxyl groups is 1. The van der Waals surface area contributed by atoms with Crippen molar-refractivity contribution in [3.63, 3.8) is 0 Å². The summed E-state index contributed by atoms with van der Waals surface area (Å²) in [4.78, 5) is 37.7. The van der Waals surface area contributed by atoms with Gasteiger partial charge in [-0.2, -0.15) is 13.2 Å². The molecule has 0 aromatic heterocycles. The van der Waals surface area contributed by atoms with Gasteiger partial charge in [-0.05, 0) is 39.7 Å². The van der Waals surface area contributed by atoms with Crippen LogP contribution in [0.5, 0.6) is 0 Å². The number of hydrogen-bond donors (Lipinski definition) is 3. The van der Waals surface area contributed by atoms with Crippen molar-refractivity contribution in [3.8, 4) is 0 Å². The Morgan fingerprint density at radius 2 is 2.00 bits per heavy atom. The normalized spacial score (nSPS) is 23.8. The van der Waals surface area contributed by atoms with Crippen molar-refractivity contribution in [3.05, 3.63) is 34.3 Å². The molecule has 0 bridgehead atoms. The maximum atomic E-state index is 13.9. The second kappa shape index (κ2) is 8.73. The van der Waals surface area contributed by atoms with Crippen molar-refractivity contribution in [2.24, 2.45) is 0 Å². The molecule has 0 aliphatic carbocycles. The Morgan fingerprint density at radius 1 is 1.33 bits per heavy atom. The van der Waals surface area contributed by atoms with Crippen LogP contribution in [0.15, 0.2) is 34.3 Å². The molecule has 0 radical (unpaired) electrons. The van der Waals surface area contributed by atoms with E-state index >= 15 is 0 Å². The fourth-order valence-electron chi connectivity index (χ4n) is 3.94. The smallest absolute Gasteiger partial charge is 0.431 e. The number of rotatable bonds is 4. The van der Waals surface area contributed by atoms with E-state index in [1.807, 2.05) is 0 Å². The lowest BCUT2D eigenvalue weighted by Gasteiger charge is -2.41. The quantitative estimate of drug-likeness (QED) is 0.419. The van der Waals surface area contributed by atoms with E-state index < -0.39 is 65.4 Å². The Balaban J connectivity index is 1.95. The first kappa shape index (κ1) is 24.6. The molecular formula is C21H26F3N3O6. The Hall–Kier alpha value is -3.02. The summed E-state index contributed by atoms with van der Waals surface area (Å²) in [5.41, 5.74) is -2.77. The van der Waals surface area contributed by atoms with Gasteiger partial charge in [-0.25, -0.2) is 0 Å². The van der Waals surface area contributed by atoms with Gasteiger partial charge in [-0.3, -0.25) is 14.4 Å². The number of ether oxygens (including phenoxy) is 2. The van der Waals surface area contributed by atoms with Crippen LogP contribution in [0, 0.1) is 0 Å². The summed E-state index contributed by atoms with van der Waals surface area (Å²) in [6.07, 6.45) is -4.88. The number of carbonyl (C=O) groups excluding carboxylic acids is 3. The van der Waals surface area contributed by atoms with Gasteiger partial charge < -0.3 is 30.1 Å². The van der Waals surface area contributed by atoms with Crippen LogP contribution in [0.2, 0.25) is 0 Å². The number of likely N-dealkylation sites (N-methyl/N-ethyl adjacent to an activating group) is 1. The van der Waals surface area contributed by atoms with Crippen molar-refractivity contribution in [2.45, 2.75) is 57.7 Å². The lowest BCUT2D eigenvalue weighted by atomic mass is 9.90. The minimum atomic E-state index is -4.74. The van der Waals surface area contributed by atoms with Gasteiger partial charge in [-0.15, -0.1) is 0 Å². The average Bonchev–Trinajstić information content (AvgIpc) is 3.19. The van der Waals surface area contributed by atoms with Crippen LogP contribution in [-0.2, 0) is 23.9 Å². The first-order valence-electron chi connectivity index (χ1n) is 10.3. The molecule has 2 amide bonds. The second-order valence-electron chi connectivity index (χ2n) is 8.88. The molecule has 12 heteroatoms. The molecule has 182 valence electrons. The molecular weight excluding hydrogens is 447 g/mol. The zero-order valence-electron chi connectivity index (χ0n) is 18.6. The number of amides is 2. The number of nitrogens with one attached hydrogen (secondary N) is 2. The molecule has 3 N–H and O–H groups in total. The van der Waals surface area contributed by atoms with E-state index in [0.29, 0.717) is 19.4 Å². The molecule has 0 aromatic rings. The summed E-state index contributed by atoms with van der Waals surface area (Å²) in [5.74, 6) is -3.68. The van der Waals surface area contributed by atoms with Crippen molar-refractivity contribution in [1.29, 1.82) is 0 Å². The van der Waals surface area contributed by atoms with E-state index in [2.05, 4.69) is 10.6 Å². The first-order valence-corrected chi connectivity index (χ1v) is 10.3. The third kappa shape index (κ3) is 5.15. The first-order chi connectivity index (χ1) is 15.2. The number of carbonyl (C=O) groups is 3. The maximum absolute atomic E-state index is 13.9. The SMILES string of the molecule is CN1C(C(F)(F)F)=C([C@@H]2CCCO2)C=C2C(O)=C(C(=O)NCC(=O)OC(C)(C)C)C(=O)NC21. The van der Waals surface area contributed by atoms with Gasteiger partial charge >= 0.3 is 12.1 Å². The van der Waals surface area contributed by atoms with Crippen LogP contribution < -0.4 is 10.6 Å². The molecule has 3 aliphatic heterocycles. The van der Waals surface area contributed by atoms with Crippen LogP contribution in [-0.4, -0.2) is 72.0 Å². The summed E-state index contributed by atoms with van der Waals surface area (Å²) in [6.45, 7) is 4.64. The molecule has 1 fully saturated rings. The summed E-state index contributed by atoms with van der Waals surface area (Å²) < 4.78 is 52.1. The van der Waals surface area contributed by atoms with Crippen LogP contribution in [0.1, 0.15) is 33.6 Å². The topological polar surface area (TPSA) is 117 Å². The summed E-state index contributed by atoms with van der Waals surface area (Å²) in [7, 11) is 1.14. The molecule has 0 aromatic carbocycles. The number of esters is 1. The minimum absolute atomic E-state index is 0.0852.